The summed E-state index contributed by atoms with van der Waals surface area (Å²) in [4.78, 5) is 4.18. The zero-order valence-corrected chi connectivity index (χ0v) is 14.7. The smallest absolute Gasteiger partial charge is 0.377 e. The molecule has 2 aromatic rings. The molecule has 0 bridgehead atoms. The Kier molecular flexibility index (Phi) is 6.51. The molecular weight excluding hydrogens is 294 g/mol. The summed E-state index contributed by atoms with van der Waals surface area (Å²) in [6.45, 7) is 0. The van der Waals surface area contributed by atoms with Crippen molar-refractivity contribution in [1.29, 1.82) is 0 Å². The Morgan fingerprint density at radius 3 is 2.45 bits per heavy atom. The van der Waals surface area contributed by atoms with Crippen molar-refractivity contribution in [2.75, 3.05) is 21.3 Å². The molecule has 5 heteroatoms. The Balaban J connectivity index is 1.84. The summed E-state index contributed by atoms with van der Waals surface area (Å²) >= 11 is 0. The first-order valence-electron chi connectivity index (χ1n) is 7.72. The molecule has 0 aliphatic carbocycles. The third-order valence-electron chi connectivity index (χ3n) is 4.13. The van der Waals surface area contributed by atoms with Crippen LogP contribution in [0.1, 0.15) is 24.8 Å². The second-order valence-corrected chi connectivity index (χ2v) is 8.46. The molecule has 2 rings (SSSR count). The highest BCUT2D eigenvalue weighted by atomic mass is 28.4. The van der Waals surface area contributed by atoms with Crippen LogP contribution in [0.4, 0.5) is 0 Å². The molecule has 0 amide bonds. The molecule has 0 atom stereocenters. The van der Waals surface area contributed by atoms with Crippen LogP contribution in [-0.4, -0.2) is 35.1 Å². The third kappa shape index (κ3) is 4.13. The molecule has 1 aromatic heterocycles. The van der Waals surface area contributed by atoms with Gasteiger partial charge in [-0.15, -0.1) is 0 Å². The molecule has 0 aliphatic heterocycles. The first-order chi connectivity index (χ1) is 10.7. The summed E-state index contributed by atoms with van der Waals surface area (Å²) in [5.74, 6) is 0. The number of benzene rings is 1. The van der Waals surface area contributed by atoms with Crippen LogP contribution >= 0.6 is 0 Å². The van der Waals surface area contributed by atoms with E-state index >= 15 is 0 Å². The Labute approximate surface area is 133 Å². The van der Waals surface area contributed by atoms with Crippen molar-refractivity contribution in [2.24, 2.45) is 0 Å². The fourth-order valence-corrected chi connectivity index (χ4v) is 4.59. The fraction of sp³-hybridized carbons (Fsp3) is 0.471. The lowest BCUT2D eigenvalue weighted by Gasteiger charge is -2.24. The third-order valence-corrected chi connectivity index (χ3v) is 6.97. The van der Waals surface area contributed by atoms with Crippen molar-refractivity contribution in [3.8, 4) is 0 Å². The highest BCUT2D eigenvalue weighted by Gasteiger charge is 2.36. The maximum Gasteiger partial charge on any atom is 0.500 e. The van der Waals surface area contributed by atoms with Crippen molar-refractivity contribution < 1.29 is 13.3 Å². The summed E-state index contributed by atoms with van der Waals surface area (Å²) < 4.78 is 16.3. The molecule has 0 saturated heterocycles. The van der Waals surface area contributed by atoms with E-state index in [1.807, 2.05) is 12.4 Å². The number of hydrogen-bond acceptors (Lipinski definition) is 4. The van der Waals surface area contributed by atoms with Gasteiger partial charge in [-0.05, 0) is 36.3 Å². The van der Waals surface area contributed by atoms with E-state index in [1.165, 1.54) is 16.3 Å². The standard InChI is InChI=1S/C17H25NO3Si/c1-19-22(20-2,21-3)13-6-4-5-8-15-9-7-10-16-14-18-12-11-17(15)16/h7,9-12,14H,4-6,8,13H2,1-3H3. The maximum atomic E-state index is 5.45. The summed E-state index contributed by atoms with van der Waals surface area (Å²) in [6, 6.07) is 9.40. The Morgan fingerprint density at radius 1 is 0.955 bits per heavy atom. The zero-order valence-electron chi connectivity index (χ0n) is 13.7. The number of aryl methyl sites for hydroxylation is 1. The molecular formula is C17H25NO3Si. The molecule has 0 aliphatic rings. The van der Waals surface area contributed by atoms with Gasteiger partial charge in [-0.2, -0.15) is 0 Å². The molecule has 120 valence electrons. The van der Waals surface area contributed by atoms with Crippen LogP contribution in [0.15, 0.2) is 36.7 Å². The maximum absolute atomic E-state index is 5.45. The van der Waals surface area contributed by atoms with Gasteiger partial charge in [0.2, 0.25) is 0 Å². The average Bonchev–Trinajstić information content (AvgIpc) is 2.59. The van der Waals surface area contributed by atoms with E-state index in [0.29, 0.717) is 0 Å². The van der Waals surface area contributed by atoms with Gasteiger partial charge >= 0.3 is 8.80 Å². The second-order valence-electron chi connectivity index (χ2n) is 5.37. The number of hydrogen-bond donors (Lipinski definition) is 0. The predicted octanol–water partition coefficient (Wildman–Crippen LogP) is 3.83. The Bertz CT molecular complexity index is 573. The van der Waals surface area contributed by atoms with E-state index in [4.69, 9.17) is 13.3 Å². The summed E-state index contributed by atoms with van der Waals surface area (Å²) in [6.07, 6.45) is 8.24. The van der Waals surface area contributed by atoms with E-state index in [1.54, 1.807) is 21.3 Å². The molecule has 0 saturated carbocycles. The van der Waals surface area contributed by atoms with Crippen molar-refractivity contribution in [3.05, 3.63) is 42.2 Å². The Hall–Kier alpha value is -1.27. The zero-order chi connectivity index (χ0) is 15.8. The number of unbranched alkanes of at least 4 members (excludes halogenated alkanes) is 2. The molecule has 1 heterocycles. The predicted molar refractivity (Wildman–Crippen MR) is 90.9 cm³/mol. The van der Waals surface area contributed by atoms with Gasteiger partial charge in [0, 0.05) is 45.2 Å². The summed E-state index contributed by atoms with van der Waals surface area (Å²) in [7, 11) is 2.61. The van der Waals surface area contributed by atoms with Crippen LogP contribution in [0.3, 0.4) is 0 Å². The number of rotatable bonds is 9. The lowest BCUT2D eigenvalue weighted by atomic mass is 10.0. The van der Waals surface area contributed by atoms with Crippen LogP contribution in [0.5, 0.6) is 0 Å². The molecule has 4 nitrogen and oxygen atoms in total. The molecule has 22 heavy (non-hydrogen) atoms. The van der Waals surface area contributed by atoms with Crippen LogP contribution in [0.2, 0.25) is 6.04 Å². The highest BCUT2D eigenvalue weighted by Crippen LogP contribution is 2.21. The average molecular weight is 319 g/mol. The molecule has 0 unspecified atom stereocenters. The summed E-state index contributed by atoms with van der Waals surface area (Å²) in [5, 5.41) is 2.52. The van der Waals surface area contributed by atoms with Crippen LogP contribution in [-0.2, 0) is 19.7 Å². The molecule has 0 spiro atoms. The van der Waals surface area contributed by atoms with Gasteiger partial charge in [-0.3, -0.25) is 4.98 Å². The van der Waals surface area contributed by atoms with E-state index < -0.39 is 8.80 Å². The van der Waals surface area contributed by atoms with Gasteiger partial charge in [-0.25, -0.2) is 0 Å². The van der Waals surface area contributed by atoms with E-state index in [0.717, 1.165) is 31.7 Å². The minimum atomic E-state index is -2.40. The van der Waals surface area contributed by atoms with E-state index in [-0.39, 0.29) is 0 Å². The first kappa shape index (κ1) is 17.1. The van der Waals surface area contributed by atoms with Gasteiger partial charge in [-0.1, -0.05) is 24.6 Å². The molecule has 0 radical (unpaired) electrons. The van der Waals surface area contributed by atoms with Gasteiger partial charge in [0.25, 0.3) is 0 Å². The number of fused-ring (bicyclic) bond motifs is 1. The second kappa shape index (κ2) is 8.38. The van der Waals surface area contributed by atoms with E-state index in [9.17, 15) is 0 Å². The van der Waals surface area contributed by atoms with E-state index in [2.05, 4.69) is 29.2 Å². The van der Waals surface area contributed by atoms with Crippen LogP contribution in [0, 0.1) is 0 Å². The minimum Gasteiger partial charge on any atom is -0.377 e. The van der Waals surface area contributed by atoms with Gasteiger partial charge in [0.15, 0.2) is 0 Å². The van der Waals surface area contributed by atoms with Crippen LogP contribution in [0.25, 0.3) is 10.8 Å². The number of aromatic nitrogens is 1. The van der Waals surface area contributed by atoms with Gasteiger partial charge < -0.3 is 13.3 Å². The van der Waals surface area contributed by atoms with Crippen molar-refractivity contribution in [2.45, 2.75) is 31.7 Å². The first-order valence-corrected chi connectivity index (χ1v) is 9.65. The Morgan fingerprint density at radius 2 is 1.73 bits per heavy atom. The molecule has 1 aromatic carbocycles. The number of nitrogens with zero attached hydrogens (tertiary/aromatic N) is 1. The van der Waals surface area contributed by atoms with Crippen molar-refractivity contribution >= 4 is 19.6 Å². The number of pyridine rings is 1. The highest BCUT2D eigenvalue weighted by molar-refractivity contribution is 6.60. The quantitative estimate of drug-likeness (QED) is 0.520. The lowest BCUT2D eigenvalue weighted by Crippen LogP contribution is -2.42. The minimum absolute atomic E-state index is 0.871. The normalized spacial score (nSPS) is 12.0. The summed E-state index contributed by atoms with van der Waals surface area (Å²) in [5.41, 5.74) is 1.40. The fourth-order valence-electron chi connectivity index (χ4n) is 2.80. The monoisotopic (exact) mass is 319 g/mol. The molecule has 0 fully saturated rings. The van der Waals surface area contributed by atoms with Crippen LogP contribution < -0.4 is 0 Å². The van der Waals surface area contributed by atoms with Crippen molar-refractivity contribution in [1.82, 2.24) is 4.98 Å². The van der Waals surface area contributed by atoms with Crippen molar-refractivity contribution in [3.63, 3.8) is 0 Å². The SMILES string of the molecule is CO[Si](CCCCCc1cccc2cnccc12)(OC)OC. The van der Waals surface area contributed by atoms with Gasteiger partial charge in [0.1, 0.15) is 0 Å². The largest absolute Gasteiger partial charge is 0.500 e. The lowest BCUT2D eigenvalue weighted by molar-refractivity contribution is 0.122. The topological polar surface area (TPSA) is 40.6 Å². The van der Waals surface area contributed by atoms with Gasteiger partial charge in [0.05, 0.1) is 0 Å². The molecule has 0 N–H and O–H groups in total.